The molecule has 0 fully saturated rings. The number of rotatable bonds is 0. The topological polar surface area (TPSA) is 62.1 Å². The van der Waals surface area contributed by atoms with Gasteiger partial charge in [-0.3, -0.25) is 0 Å². The summed E-state index contributed by atoms with van der Waals surface area (Å²) in [5.74, 6) is 1.36. The summed E-state index contributed by atoms with van der Waals surface area (Å²) in [6, 6.07) is 0. The summed E-state index contributed by atoms with van der Waals surface area (Å²) in [4.78, 5) is 7.73. The van der Waals surface area contributed by atoms with Crippen LogP contribution < -0.4 is 0 Å². The molecule has 0 amide bonds. The zero-order valence-electron chi connectivity index (χ0n) is 11.2. The van der Waals surface area contributed by atoms with Crippen molar-refractivity contribution in [2.24, 2.45) is 15.3 Å². The van der Waals surface area contributed by atoms with E-state index in [1.165, 1.54) is 10.4 Å². The lowest BCUT2D eigenvalue weighted by Gasteiger charge is -2.28. The van der Waals surface area contributed by atoms with Gasteiger partial charge in [-0.25, -0.2) is 13.4 Å². The fourth-order valence-corrected chi connectivity index (χ4v) is 5.35. The summed E-state index contributed by atoms with van der Waals surface area (Å²) in [7, 11) is -3.32. The third-order valence-corrected chi connectivity index (χ3v) is 6.43. The SMILES string of the molecule is C[C@H]1CCc2c(sc3c2C2=NS(=O)(=O)CCN2C=N3)C1. The molecule has 3 heterocycles. The van der Waals surface area contributed by atoms with Gasteiger partial charge in [-0.2, -0.15) is 0 Å². The second-order valence-corrected chi connectivity index (χ2v) is 8.51. The second kappa shape index (κ2) is 4.14. The van der Waals surface area contributed by atoms with E-state index in [0.717, 1.165) is 29.8 Å². The molecule has 7 heteroatoms. The number of hydrogen-bond donors (Lipinski definition) is 0. The van der Waals surface area contributed by atoms with Crippen molar-refractivity contribution in [3.05, 3.63) is 16.0 Å². The van der Waals surface area contributed by atoms with Gasteiger partial charge in [0.25, 0.3) is 10.0 Å². The van der Waals surface area contributed by atoms with E-state index in [0.29, 0.717) is 18.3 Å². The molecule has 4 rings (SSSR count). The van der Waals surface area contributed by atoms with E-state index >= 15 is 0 Å². The Labute approximate surface area is 122 Å². The van der Waals surface area contributed by atoms with Crippen LogP contribution in [0, 0.1) is 5.92 Å². The Bertz CT molecular complexity index is 746. The zero-order valence-corrected chi connectivity index (χ0v) is 12.8. The summed E-state index contributed by atoms with van der Waals surface area (Å²) in [5.41, 5.74) is 2.25. The summed E-state index contributed by atoms with van der Waals surface area (Å²) in [6.07, 6.45) is 4.95. The number of hydrogen-bond acceptors (Lipinski definition) is 5. The molecule has 106 valence electrons. The normalized spacial score (nSPS) is 26.6. The Morgan fingerprint density at radius 3 is 3.15 bits per heavy atom. The lowest BCUT2D eigenvalue weighted by Crippen LogP contribution is -2.41. The van der Waals surface area contributed by atoms with Crippen LogP contribution in [-0.4, -0.2) is 37.8 Å². The highest BCUT2D eigenvalue weighted by atomic mass is 32.2. The largest absolute Gasteiger partial charge is 0.315 e. The smallest absolute Gasteiger partial charge is 0.256 e. The van der Waals surface area contributed by atoms with Crippen molar-refractivity contribution in [3.63, 3.8) is 0 Å². The van der Waals surface area contributed by atoms with Gasteiger partial charge in [0, 0.05) is 11.4 Å². The first kappa shape index (κ1) is 12.5. The predicted octanol–water partition coefficient (Wildman–Crippen LogP) is 1.94. The lowest BCUT2D eigenvalue weighted by molar-refractivity contribution is 0.506. The maximum Gasteiger partial charge on any atom is 0.256 e. The highest BCUT2D eigenvalue weighted by molar-refractivity contribution is 7.90. The molecule has 0 saturated carbocycles. The molecule has 20 heavy (non-hydrogen) atoms. The van der Waals surface area contributed by atoms with Crippen LogP contribution in [0.5, 0.6) is 0 Å². The fraction of sp³-hybridized carbons (Fsp3) is 0.538. The van der Waals surface area contributed by atoms with Crippen molar-refractivity contribution in [3.8, 4) is 0 Å². The number of thiophene rings is 1. The second-order valence-electron chi connectivity index (χ2n) is 5.67. The van der Waals surface area contributed by atoms with Crippen LogP contribution in [0.1, 0.15) is 29.3 Å². The molecule has 1 aromatic heterocycles. The Balaban J connectivity index is 1.92. The minimum absolute atomic E-state index is 0.0706. The van der Waals surface area contributed by atoms with Gasteiger partial charge in [-0.05, 0) is 30.7 Å². The van der Waals surface area contributed by atoms with Gasteiger partial charge in [0.05, 0.1) is 17.7 Å². The molecular formula is C13H15N3O2S2. The van der Waals surface area contributed by atoms with Gasteiger partial charge in [0.2, 0.25) is 0 Å². The van der Waals surface area contributed by atoms with Crippen LogP contribution in [0.2, 0.25) is 0 Å². The fourth-order valence-electron chi connectivity index (χ4n) is 3.03. The van der Waals surface area contributed by atoms with Crippen molar-refractivity contribution in [2.75, 3.05) is 12.3 Å². The molecule has 2 aliphatic heterocycles. The molecule has 0 bridgehead atoms. The first-order chi connectivity index (χ1) is 9.53. The molecule has 0 radical (unpaired) electrons. The molecule has 5 nitrogen and oxygen atoms in total. The Hall–Kier alpha value is -1.21. The number of sulfonamides is 1. The third kappa shape index (κ3) is 1.83. The Kier molecular flexibility index (Phi) is 2.59. The summed E-state index contributed by atoms with van der Waals surface area (Å²) in [5, 5.41) is 0.927. The Morgan fingerprint density at radius 1 is 1.45 bits per heavy atom. The van der Waals surface area contributed by atoms with Crippen LogP contribution in [0.3, 0.4) is 0 Å². The van der Waals surface area contributed by atoms with E-state index < -0.39 is 10.0 Å². The summed E-state index contributed by atoms with van der Waals surface area (Å²) >= 11 is 1.70. The first-order valence-electron chi connectivity index (χ1n) is 6.82. The molecule has 1 atom stereocenters. The minimum atomic E-state index is -3.32. The van der Waals surface area contributed by atoms with Gasteiger partial charge >= 0.3 is 0 Å². The van der Waals surface area contributed by atoms with Crippen molar-refractivity contribution in [1.82, 2.24) is 4.90 Å². The van der Waals surface area contributed by atoms with Gasteiger partial charge < -0.3 is 4.90 Å². The lowest BCUT2D eigenvalue weighted by atomic mass is 9.88. The van der Waals surface area contributed by atoms with E-state index in [4.69, 9.17) is 0 Å². The maximum atomic E-state index is 11.8. The van der Waals surface area contributed by atoms with E-state index in [2.05, 4.69) is 16.3 Å². The molecule has 0 unspecified atom stereocenters. The average Bonchev–Trinajstić information content (AvgIpc) is 2.75. The zero-order chi connectivity index (χ0) is 13.9. The van der Waals surface area contributed by atoms with Gasteiger partial charge in [-0.15, -0.1) is 15.7 Å². The number of aliphatic imine (C=N–C) groups is 1. The van der Waals surface area contributed by atoms with E-state index in [9.17, 15) is 8.42 Å². The van der Waals surface area contributed by atoms with Crippen LogP contribution in [-0.2, 0) is 22.9 Å². The molecule has 0 spiro atoms. The van der Waals surface area contributed by atoms with E-state index in [1.54, 1.807) is 17.7 Å². The monoisotopic (exact) mass is 309 g/mol. The molecule has 3 aliphatic rings. The summed E-state index contributed by atoms with van der Waals surface area (Å²) < 4.78 is 27.6. The van der Waals surface area contributed by atoms with Crippen LogP contribution in [0.15, 0.2) is 9.39 Å². The van der Waals surface area contributed by atoms with Gasteiger partial charge in [-0.1, -0.05) is 6.92 Å². The molecule has 1 aliphatic carbocycles. The third-order valence-electron chi connectivity index (χ3n) is 4.12. The molecule has 0 saturated heterocycles. The van der Waals surface area contributed by atoms with Crippen LogP contribution in [0.4, 0.5) is 5.00 Å². The number of nitrogens with zero attached hydrogens (tertiary/aromatic N) is 3. The summed E-state index contributed by atoms with van der Waals surface area (Å²) in [6.45, 7) is 2.71. The van der Waals surface area contributed by atoms with Gasteiger partial charge in [0.1, 0.15) is 5.00 Å². The van der Waals surface area contributed by atoms with E-state index in [1.807, 2.05) is 4.90 Å². The highest BCUT2D eigenvalue weighted by Crippen LogP contribution is 2.43. The quantitative estimate of drug-likeness (QED) is 0.736. The standard InChI is InChI=1S/C13H15N3O2S2/c1-8-2-3-9-10(6-8)19-13-11(9)12-15-20(17,18)5-4-16(12)7-14-13/h7-8H,2-6H2,1H3/t8-/m0/s1. The van der Waals surface area contributed by atoms with Crippen molar-refractivity contribution >= 4 is 38.5 Å². The Morgan fingerprint density at radius 2 is 2.30 bits per heavy atom. The highest BCUT2D eigenvalue weighted by Gasteiger charge is 2.34. The average molecular weight is 309 g/mol. The maximum absolute atomic E-state index is 11.8. The predicted molar refractivity (Wildman–Crippen MR) is 80.7 cm³/mol. The number of fused-ring (bicyclic) bond motifs is 5. The van der Waals surface area contributed by atoms with Crippen LogP contribution >= 0.6 is 11.3 Å². The molecule has 0 aromatic carbocycles. The van der Waals surface area contributed by atoms with Gasteiger partial charge in [0.15, 0.2) is 5.84 Å². The van der Waals surface area contributed by atoms with Crippen molar-refractivity contribution in [2.45, 2.75) is 26.2 Å². The van der Waals surface area contributed by atoms with Crippen molar-refractivity contribution in [1.29, 1.82) is 0 Å². The number of amidine groups is 1. The minimum Gasteiger partial charge on any atom is -0.315 e. The van der Waals surface area contributed by atoms with E-state index in [-0.39, 0.29) is 5.75 Å². The molecule has 0 N–H and O–H groups in total. The molecule has 1 aromatic rings. The molecular weight excluding hydrogens is 294 g/mol. The van der Waals surface area contributed by atoms with Crippen molar-refractivity contribution < 1.29 is 8.42 Å². The van der Waals surface area contributed by atoms with Crippen LogP contribution in [0.25, 0.3) is 0 Å². The first-order valence-corrected chi connectivity index (χ1v) is 9.24.